The Balaban J connectivity index is 2.13. The van der Waals surface area contributed by atoms with Crippen LogP contribution in [0.15, 0.2) is 0 Å². The second-order valence-electron chi connectivity index (χ2n) is 9.00. The lowest BCUT2D eigenvalue weighted by Crippen LogP contribution is -2.56. The molecule has 2 atom stereocenters. The summed E-state index contributed by atoms with van der Waals surface area (Å²) >= 11 is 0. The fourth-order valence-corrected chi connectivity index (χ4v) is 4.89. The average Bonchev–Trinajstić information content (AvgIpc) is 2.74. The van der Waals surface area contributed by atoms with Crippen LogP contribution in [0.1, 0.15) is 66.7 Å². The number of nitrogens with two attached hydrogens (primary N) is 1. The van der Waals surface area contributed by atoms with Crippen molar-refractivity contribution < 1.29 is 14.4 Å². The molecule has 4 N–H and O–H groups in total. The van der Waals surface area contributed by atoms with Crippen molar-refractivity contribution in [2.75, 3.05) is 13.1 Å². The van der Waals surface area contributed by atoms with E-state index in [0.29, 0.717) is 38.1 Å². The summed E-state index contributed by atoms with van der Waals surface area (Å²) in [7, 11) is 0. The highest BCUT2D eigenvalue weighted by molar-refractivity contribution is 6.09. The summed E-state index contributed by atoms with van der Waals surface area (Å²) in [6, 6.07) is -0.471. The zero-order chi connectivity index (χ0) is 19.8. The van der Waals surface area contributed by atoms with E-state index in [4.69, 9.17) is 5.73 Å². The molecule has 1 spiro atoms. The number of urea groups is 1. The van der Waals surface area contributed by atoms with Crippen molar-refractivity contribution in [1.82, 2.24) is 15.5 Å². The highest BCUT2D eigenvalue weighted by atomic mass is 16.2. The first-order valence-electron chi connectivity index (χ1n) is 9.67. The normalized spacial score (nSPS) is 28.4. The molecule has 1 heterocycles. The van der Waals surface area contributed by atoms with E-state index in [1.165, 1.54) is 0 Å². The van der Waals surface area contributed by atoms with Gasteiger partial charge in [-0.15, -0.1) is 0 Å². The largest absolute Gasteiger partial charge is 0.348 e. The molecular formula is C19H34N4O3. The van der Waals surface area contributed by atoms with Gasteiger partial charge in [-0.2, -0.15) is 0 Å². The molecule has 0 aromatic carbocycles. The molecule has 4 amide bonds. The summed E-state index contributed by atoms with van der Waals surface area (Å²) in [4.78, 5) is 39.1. The van der Waals surface area contributed by atoms with Crippen LogP contribution in [-0.4, -0.2) is 46.9 Å². The summed E-state index contributed by atoms with van der Waals surface area (Å²) < 4.78 is 0. The molecule has 1 saturated heterocycles. The van der Waals surface area contributed by atoms with Crippen LogP contribution in [0.5, 0.6) is 0 Å². The van der Waals surface area contributed by atoms with Gasteiger partial charge in [-0.3, -0.25) is 14.5 Å². The van der Waals surface area contributed by atoms with E-state index in [1.54, 1.807) is 0 Å². The van der Waals surface area contributed by atoms with Crippen LogP contribution in [0.25, 0.3) is 0 Å². The van der Waals surface area contributed by atoms with Gasteiger partial charge in [0.15, 0.2) is 0 Å². The monoisotopic (exact) mass is 366 g/mol. The Bertz CT molecular complexity index is 577. The molecule has 0 aromatic heterocycles. The summed E-state index contributed by atoms with van der Waals surface area (Å²) in [6.45, 7) is 10.3. The van der Waals surface area contributed by atoms with Gasteiger partial charge < -0.3 is 16.4 Å². The number of amides is 4. The van der Waals surface area contributed by atoms with Crippen LogP contribution in [0, 0.1) is 11.3 Å². The highest BCUT2D eigenvalue weighted by Crippen LogP contribution is 2.46. The molecule has 148 valence electrons. The van der Waals surface area contributed by atoms with Gasteiger partial charge in [-0.05, 0) is 43.4 Å². The van der Waals surface area contributed by atoms with E-state index in [9.17, 15) is 14.4 Å². The van der Waals surface area contributed by atoms with Crippen LogP contribution in [0.2, 0.25) is 0 Å². The van der Waals surface area contributed by atoms with Crippen molar-refractivity contribution in [1.29, 1.82) is 0 Å². The Kier molecular flexibility index (Phi) is 5.71. The van der Waals surface area contributed by atoms with Gasteiger partial charge in [0.25, 0.3) is 5.91 Å². The van der Waals surface area contributed by atoms with Gasteiger partial charge in [-0.25, -0.2) is 4.79 Å². The molecule has 1 aliphatic heterocycles. The number of rotatable bonds is 6. The lowest BCUT2D eigenvalue weighted by Gasteiger charge is -2.43. The number of hydrogen-bond acceptors (Lipinski definition) is 4. The first kappa shape index (κ1) is 20.7. The zero-order valence-electron chi connectivity index (χ0n) is 16.8. The number of imide groups is 1. The average molecular weight is 367 g/mol. The topological polar surface area (TPSA) is 105 Å². The van der Waals surface area contributed by atoms with E-state index in [2.05, 4.69) is 31.4 Å². The maximum Gasteiger partial charge on any atom is 0.325 e. The zero-order valence-corrected chi connectivity index (χ0v) is 16.8. The Hall–Kier alpha value is -1.63. The Morgan fingerprint density at radius 1 is 1.31 bits per heavy atom. The lowest BCUT2D eigenvalue weighted by atomic mass is 9.64. The molecule has 0 radical (unpaired) electrons. The molecular weight excluding hydrogens is 332 g/mol. The van der Waals surface area contributed by atoms with Gasteiger partial charge in [0.1, 0.15) is 12.1 Å². The number of carbonyl (C=O) groups excluding carboxylic acids is 3. The lowest BCUT2D eigenvalue weighted by molar-refractivity contribution is -0.138. The molecule has 2 aliphatic rings. The molecule has 1 saturated carbocycles. The van der Waals surface area contributed by atoms with Crippen molar-refractivity contribution in [3.63, 3.8) is 0 Å². The summed E-state index contributed by atoms with van der Waals surface area (Å²) in [5, 5.41) is 5.82. The number of carbonyl (C=O) groups is 3. The van der Waals surface area contributed by atoms with Crippen LogP contribution in [-0.2, 0) is 9.59 Å². The Labute approximate surface area is 156 Å². The summed E-state index contributed by atoms with van der Waals surface area (Å²) in [6.07, 6.45) is 3.63. The summed E-state index contributed by atoms with van der Waals surface area (Å²) in [5.41, 5.74) is 4.43. The predicted octanol–water partition coefficient (Wildman–Crippen LogP) is 1.76. The molecule has 1 aliphatic carbocycles. The van der Waals surface area contributed by atoms with E-state index < -0.39 is 17.1 Å². The predicted molar refractivity (Wildman–Crippen MR) is 100 cm³/mol. The highest BCUT2D eigenvalue weighted by Gasteiger charge is 2.56. The van der Waals surface area contributed by atoms with Crippen molar-refractivity contribution in [3.8, 4) is 0 Å². The maximum atomic E-state index is 13.1. The summed E-state index contributed by atoms with van der Waals surface area (Å²) in [5.74, 6) is -0.284. The third-order valence-corrected chi connectivity index (χ3v) is 6.07. The molecule has 7 heteroatoms. The van der Waals surface area contributed by atoms with Crippen molar-refractivity contribution >= 4 is 17.8 Å². The third kappa shape index (κ3) is 3.87. The minimum Gasteiger partial charge on any atom is -0.348 e. The van der Waals surface area contributed by atoms with Gasteiger partial charge in [0.2, 0.25) is 5.91 Å². The standard InChI is InChI=1S/C19H34N4O3/c1-6-18(7-2,12-20)21-14(24)10-23-15(25)19(22-16(23)26)9-13(3)8-17(4,5)11-19/h13H,6-12,20H2,1-5H3,(H,21,24)(H,22,26). The first-order chi connectivity index (χ1) is 12.0. The molecule has 0 bridgehead atoms. The molecule has 0 aromatic rings. The van der Waals surface area contributed by atoms with Crippen molar-refractivity contribution in [2.45, 2.75) is 77.8 Å². The van der Waals surface area contributed by atoms with Gasteiger partial charge >= 0.3 is 6.03 Å². The molecule has 2 rings (SSSR count). The van der Waals surface area contributed by atoms with Gasteiger partial charge in [0, 0.05) is 6.54 Å². The first-order valence-corrected chi connectivity index (χ1v) is 9.67. The third-order valence-electron chi connectivity index (χ3n) is 6.07. The SMILES string of the molecule is CCC(CC)(CN)NC(=O)CN1C(=O)NC2(CC(C)CC(C)(C)C2)C1=O. The fourth-order valence-electron chi connectivity index (χ4n) is 4.89. The van der Waals surface area contributed by atoms with Gasteiger partial charge in [0.05, 0.1) is 5.54 Å². The van der Waals surface area contributed by atoms with Crippen LogP contribution < -0.4 is 16.4 Å². The Morgan fingerprint density at radius 2 is 1.92 bits per heavy atom. The smallest absolute Gasteiger partial charge is 0.325 e. The van der Waals surface area contributed by atoms with E-state index in [0.717, 1.165) is 11.3 Å². The number of nitrogens with zero attached hydrogens (tertiary/aromatic N) is 1. The minimum atomic E-state index is -0.876. The molecule has 2 fully saturated rings. The number of nitrogens with one attached hydrogen (secondary N) is 2. The number of hydrogen-bond donors (Lipinski definition) is 3. The van der Waals surface area contributed by atoms with Gasteiger partial charge in [-0.1, -0.05) is 34.6 Å². The Morgan fingerprint density at radius 3 is 2.42 bits per heavy atom. The van der Waals surface area contributed by atoms with Crippen molar-refractivity contribution in [2.24, 2.45) is 17.1 Å². The van der Waals surface area contributed by atoms with Crippen LogP contribution in [0.4, 0.5) is 4.79 Å². The van der Waals surface area contributed by atoms with E-state index >= 15 is 0 Å². The minimum absolute atomic E-state index is 0.0298. The fraction of sp³-hybridized carbons (Fsp3) is 0.842. The second-order valence-corrected chi connectivity index (χ2v) is 9.00. The molecule has 26 heavy (non-hydrogen) atoms. The molecule has 7 nitrogen and oxygen atoms in total. The van der Waals surface area contributed by atoms with Crippen LogP contribution in [0.3, 0.4) is 0 Å². The second kappa shape index (κ2) is 7.18. The maximum absolute atomic E-state index is 13.1. The van der Waals surface area contributed by atoms with E-state index in [-0.39, 0.29) is 23.8 Å². The van der Waals surface area contributed by atoms with E-state index in [1.807, 2.05) is 13.8 Å². The van der Waals surface area contributed by atoms with Crippen LogP contribution >= 0.6 is 0 Å². The quantitative estimate of drug-likeness (QED) is 0.623. The molecule has 2 unspecified atom stereocenters. The van der Waals surface area contributed by atoms with Crippen molar-refractivity contribution in [3.05, 3.63) is 0 Å².